The largest absolute Gasteiger partial charge is 0.335 e. The van der Waals surface area contributed by atoms with Crippen molar-refractivity contribution in [2.75, 3.05) is 32.7 Å². The first-order chi connectivity index (χ1) is 18.1. The van der Waals surface area contributed by atoms with Crippen LogP contribution in [0, 0.1) is 6.92 Å². The third-order valence-corrected chi connectivity index (χ3v) is 8.30. The van der Waals surface area contributed by atoms with Gasteiger partial charge in [0.15, 0.2) is 5.16 Å². The number of piperazine rings is 1. The Hall–Kier alpha value is -2.98. The van der Waals surface area contributed by atoms with E-state index in [2.05, 4.69) is 44.4 Å². The van der Waals surface area contributed by atoms with Crippen molar-refractivity contribution >= 4 is 46.7 Å². The highest BCUT2D eigenvalue weighted by Gasteiger charge is 2.23. The molecular formula is C27H27ClN6OS2. The van der Waals surface area contributed by atoms with Crippen molar-refractivity contribution in [2.45, 2.75) is 17.8 Å². The Morgan fingerprint density at radius 1 is 1.08 bits per heavy atom. The van der Waals surface area contributed by atoms with E-state index in [4.69, 9.17) is 11.6 Å². The molecule has 7 nitrogen and oxygen atoms in total. The summed E-state index contributed by atoms with van der Waals surface area (Å²) < 4.78 is 1.98. The van der Waals surface area contributed by atoms with E-state index in [0.29, 0.717) is 29.6 Å². The number of hydrogen-bond acceptors (Lipinski definition) is 7. The molecule has 4 aromatic rings. The van der Waals surface area contributed by atoms with E-state index in [1.54, 1.807) is 11.8 Å². The first-order valence-corrected chi connectivity index (χ1v) is 14.3. The van der Waals surface area contributed by atoms with Crippen LogP contribution in [0.3, 0.4) is 0 Å². The van der Waals surface area contributed by atoms with Crippen LogP contribution in [0.2, 0.25) is 5.02 Å². The van der Waals surface area contributed by atoms with Crippen molar-refractivity contribution < 1.29 is 4.79 Å². The number of amides is 1. The SMILES string of the molecule is Cc1nnc(SCc2nc(C(=O)N3CCN(CC=Cc4ccccc4)CC3)cs2)n1-c1cccc(Cl)c1. The molecule has 1 amide bonds. The zero-order valence-corrected chi connectivity index (χ0v) is 22.8. The summed E-state index contributed by atoms with van der Waals surface area (Å²) in [7, 11) is 0. The molecule has 0 atom stereocenters. The molecule has 0 spiro atoms. The van der Waals surface area contributed by atoms with Crippen LogP contribution in [-0.4, -0.2) is 68.2 Å². The highest BCUT2D eigenvalue weighted by atomic mass is 35.5. The summed E-state index contributed by atoms with van der Waals surface area (Å²) in [5.74, 6) is 1.40. The standard InChI is InChI=1S/C27H27ClN6OS2/c1-20-30-31-27(34(20)23-11-5-10-22(28)17-23)37-19-25-29-24(18-36-25)26(35)33-15-13-32(14-16-33)12-6-9-21-7-3-2-4-8-21/h2-11,17-18H,12-16,19H2,1H3. The van der Waals surface area contributed by atoms with Gasteiger partial charge in [-0.25, -0.2) is 4.98 Å². The van der Waals surface area contributed by atoms with Crippen LogP contribution in [0.25, 0.3) is 11.8 Å². The van der Waals surface area contributed by atoms with Gasteiger partial charge in [0.1, 0.15) is 16.5 Å². The quantitative estimate of drug-likeness (QED) is 0.272. The molecule has 0 bridgehead atoms. The molecule has 0 unspecified atom stereocenters. The summed E-state index contributed by atoms with van der Waals surface area (Å²) in [5, 5.41) is 12.7. The van der Waals surface area contributed by atoms with Gasteiger partial charge >= 0.3 is 0 Å². The van der Waals surface area contributed by atoms with E-state index in [0.717, 1.165) is 41.3 Å². The maximum absolute atomic E-state index is 13.1. The van der Waals surface area contributed by atoms with Crippen LogP contribution in [0.1, 0.15) is 26.9 Å². The molecule has 37 heavy (non-hydrogen) atoms. The van der Waals surface area contributed by atoms with Crippen molar-refractivity contribution in [3.63, 3.8) is 0 Å². The minimum atomic E-state index is 0.00455. The van der Waals surface area contributed by atoms with Crippen LogP contribution in [0.15, 0.2) is 71.2 Å². The number of halogens is 1. The van der Waals surface area contributed by atoms with Crippen molar-refractivity contribution in [1.29, 1.82) is 0 Å². The van der Waals surface area contributed by atoms with E-state index in [-0.39, 0.29) is 5.91 Å². The predicted molar refractivity (Wildman–Crippen MR) is 151 cm³/mol. The summed E-state index contributed by atoms with van der Waals surface area (Å²) in [5.41, 5.74) is 2.64. The summed E-state index contributed by atoms with van der Waals surface area (Å²) >= 11 is 9.23. The number of rotatable bonds is 8. The average Bonchev–Trinajstić information content (AvgIpc) is 3.54. The highest BCUT2D eigenvalue weighted by Crippen LogP contribution is 2.27. The molecule has 10 heteroatoms. The predicted octanol–water partition coefficient (Wildman–Crippen LogP) is 5.45. The Bertz CT molecular complexity index is 1380. The van der Waals surface area contributed by atoms with Gasteiger partial charge in [-0.1, -0.05) is 71.9 Å². The molecule has 1 fully saturated rings. The van der Waals surface area contributed by atoms with Crippen molar-refractivity contribution in [3.8, 4) is 5.69 Å². The second-order valence-electron chi connectivity index (χ2n) is 8.67. The van der Waals surface area contributed by atoms with E-state index in [9.17, 15) is 4.79 Å². The number of carbonyl (C=O) groups is 1. The smallest absolute Gasteiger partial charge is 0.273 e. The van der Waals surface area contributed by atoms with Gasteiger partial charge in [0.05, 0.1) is 11.4 Å². The molecule has 190 valence electrons. The number of thiazole rings is 1. The van der Waals surface area contributed by atoms with Crippen molar-refractivity contribution in [3.05, 3.63) is 93.2 Å². The molecule has 1 saturated heterocycles. The molecule has 2 aromatic heterocycles. The Morgan fingerprint density at radius 2 is 1.89 bits per heavy atom. The van der Waals surface area contributed by atoms with Gasteiger partial charge in [-0.3, -0.25) is 14.3 Å². The zero-order valence-electron chi connectivity index (χ0n) is 20.5. The fourth-order valence-electron chi connectivity index (χ4n) is 4.15. The summed E-state index contributed by atoms with van der Waals surface area (Å²) in [6.07, 6.45) is 4.33. The first-order valence-electron chi connectivity index (χ1n) is 12.1. The van der Waals surface area contributed by atoms with Gasteiger partial charge in [0.2, 0.25) is 0 Å². The number of carbonyl (C=O) groups excluding carboxylic acids is 1. The molecule has 1 aliphatic heterocycles. The number of hydrogen-bond donors (Lipinski definition) is 0. The van der Waals surface area contributed by atoms with Gasteiger partial charge in [-0.05, 0) is 30.7 Å². The second kappa shape index (κ2) is 12.0. The Labute approximate surface area is 229 Å². The lowest BCUT2D eigenvalue weighted by Gasteiger charge is -2.33. The normalized spacial score (nSPS) is 14.5. The fraction of sp³-hybridized carbons (Fsp3) is 0.259. The zero-order chi connectivity index (χ0) is 25.6. The molecule has 0 aliphatic carbocycles. The summed E-state index contributed by atoms with van der Waals surface area (Å²) in [6.45, 7) is 5.93. The number of aromatic nitrogens is 4. The van der Waals surface area contributed by atoms with E-state index >= 15 is 0 Å². The minimum absolute atomic E-state index is 0.00455. The lowest BCUT2D eigenvalue weighted by molar-refractivity contribution is 0.0645. The lowest BCUT2D eigenvalue weighted by Crippen LogP contribution is -2.48. The molecule has 3 heterocycles. The maximum Gasteiger partial charge on any atom is 0.273 e. The lowest BCUT2D eigenvalue weighted by atomic mass is 10.2. The van der Waals surface area contributed by atoms with E-state index < -0.39 is 0 Å². The Morgan fingerprint density at radius 3 is 2.68 bits per heavy atom. The van der Waals surface area contributed by atoms with Gasteiger partial charge in [-0.15, -0.1) is 21.5 Å². The summed E-state index contributed by atoms with van der Waals surface area (Å²) in [4.78, 5) is 22.0. The summed E-state index contributed by atoms with van der Waals surface area (Å²) in [6, 6.07) is 17.9. The molecule has 0 radical (unpaired) electrons. The highest BCUT2D eigenvalue weighted by molar-refractivity contribution is 7.98. The Kier molecular flexibility index (Phi) is 8.35. The molecule has 0 N–H and O–H groups in total. The van der Waals surface area contributed by atoms with E-state index in [1.807, 2.05) is 64.2 Å². The third kappa shape index (κ3) is 6.48. The van der Waals surface area contributed by atoms with Gasteiger partial charge in [0, 0.05) is 43.1 Å². The number of thioether (sulfide) groups is 1. The fourth-order valence-corrected chi connectivity index (χ4v) is 6.12. The first kappa shape index (κ1) is 25.7. The Balaban J connectivity index is 1.13. The molecular weight excluding hydrogens is 524 g/mol. The number of nitrogens with zero attached hydrogens (tertiary/aromatic N) is 6. The van der Waals surface area contributed by atoms with Gasteiger partial charge in [-0.2, -0.15) is 0 Å². The van der Waals surface area contributed by atoms with Gasteiger partial charge in [0.25, 0.3) is 5.91 Å². The van der Waals surface area contributed by atoms with Gasteiger partial charge < -0.3 is 4.90 Å². The van der Waals surface area contributed by atoms with Crippen LogP contribution >= 0.6 is 34.7 Å². The average molecular weight is 551 g/mol. The van der Waals surface area contributed by atoms with Crippen LogP contribution in [0.4, 0.5) is 0 Å². The van der Waals surface area contributed by atoms with Crippen LogP contribution in [0.5, 0.6) is 0 Å². The topological polar surface area (TPSA) is 67.2 Å². The van der Waals surface area contributed by atoms with Crippen LogP contribution < -0.4 is 0 Å². The van der Waals surface area contributed by atoms with E-state index in [1.165, 1.54) is 16.9 Å². The van der Waals surface area contributed by atoms with Crippen molar-refractivity contribution in [2.24, 2.45) is 0 Å². The molecule has 2 aromatic carbocycles. The molecule has 0 saturated carbocycles. The second-order valence-corrected chi connectivity index (χ2v) is 11.0. The molecule has 1 aliphatic rings. The number of aryl methyl sites for hydroxylation is 1. The monoisotopic (exact) mass is 550 g/mol. The molecule has 5 rings (SSSR count). The van der Waals surface area contributed by atoms with Crippen molar-refractivity contribution in [1.82, 2.24) is 29.5 Å². The minimum Gasteiger partial charge on any atom is -0.335 e. The maximum atomic E-state index is 13.1. The third-order valence-electron chi connectivity index (χ3n) is 6.09. The number of benzene rings is 2. The van der Waals surface area contributed by atoms with Crippen LogP contribution in [-0.2, 0) is 5.75 Å².